The highest BCUT2D eigenvalue weighted by molar-refractivity contribution is 5.93. The number of rotatable bonds is 5. The Bertz CT molecular complexity index is 276. The highest BCUT2D eigenvalue weighted by atomic mass is 16.5. The molecule has 5 heteroatoms. The molecule has 5 nitrogen and oxygen atoms in total. The van der Waals surface area contributed by atoms with E-state index in [1.54, 1.807) is 0 Å². The van der Waals surface area contributed by atoms with E-state index in [1.807, 2.05) is 13.0 Å². The fourth-order valence-electron chi connectivity index (χ4n) is 1.71. The second-order valence-electron chi connectivity index (χ2n) is 4.08. The Morgan fingerprint density at radius 3 is 2.94 bits per heavy atom. The van der Waals surface area contributed by atoms with Crippen LogP contribution in [0.2, 0.25) is 0 Å². The molecule has 0 radical (unpaired) electrons. The minimum atomic E-state index is 0.0481. The SMILES string of the molecule is CC(C=C(N)CCN)=NC1COCC1CO. The summed E-state index contributed by atoms with van der Waals surface area (Å²) < 4.78 is 5.27. The molecule has 2 unspecified atom stereocenters. The van der Waals surface area contributed by atoms with Gasteiger partial charge in [0, 0.05) is 17.3 Å². The highest BCUT2D eigenvalue weighted by Gasteiger charge is 2.26. The van der Waals surface area contributed by atoms with E-state index in [0.717, 1.165) is 11.4 Å². The summed E-state index contributed by atoms with van der Waals surface area (Å²) in [6.45, 7) is 3.72. The fraction of sp³-hybridized carbons (Fsp3) is 0.727. The molecule has 0 amide bonds. The van der Waals surface area contributed by atoms with Crippen LogP contribution >= 0.6 is 0 Å². The molecule has 0 spiro atoms. The van der Waals surface area contributed by atoms with Crippen LogP contribution in [0.15, 0.2) is 16.8 Å². The summed E-state index contributed by atoms with van der Waals surface area (Å²) in [5.41, 5.74) is 12.7. The van der Waals surface area contributed by atoms with Gasteiger partial charge in [0.2, 0.25) is 0 Å². The van der Waals surface area contributed by atoms with Crippen LogP contribution in [0.1, 0.15) is 13.3 Å². The van der Waals surface area contributed by atoms with Crippen molar-refractivity contribution in [1.82, 2.24) is 0 Å². The summed E-state index contributed by atoms with van der Waals surface area (Å²) in [5.74, 6) is 0.110. The molecular formula is C11H21N3O2. The lowest BCUT2D eigenvalue weighted by atomic mass is 10.1. The molecule has 1 rings (SSSR count). The number of ether oxygens (including phenoxy) is 1. The number of aliphatic hydroxyl groups excluding tert-OH is 1. The number of nitrogens with zero attached hydrogens (tertiary/aromatic N) is 1. The largest absolute Gasteiger partial charge is 0.402 e. The zero-order valence-corrected chi connectivity index (χ0v) is 9.72. The molecule has 2 atom stereocenters. The summed E-state index contributed by atoms with van der Waals surface area (Å²) in [7, 11) is 0. The van der Waals surface area contributed by atoms with Gasteiger partial charge in [-0.05, 0) is 26.0 Å². The number of allylic oxidation sites excluding steroid dienone is 1. The first-order valence-electron chi connectivity index (χ1n) is 5.56. The Kier molecular flexibility index (Phi) is 5.45. The number of nitrogens with two attached hydrogens (primary N) is 2. The van der Waals surface area contributed by atoms with Gasteiger partial charge in [-0.1, -0.05) is 0 Å². The van der Waals surface area contributed by atoms with E-state index in [9.17, 15) is 0 Å². The smallest absolute Gasteiger partial charge is 0.0808 e. The monoisotopic (exact) mass is 227 g/mol. The van der Waals surface area contributed by atoms with Crippen LogP contribution in [0, 0.1) is 5.92 Å². The highest BCUT2D eigenvalue weighted by Crippen LogP contribution is 2.16. The van der Waals surface area contributed by atoms with Crippen molar-refractivity contribution in [2.45, 2.75) is 19.4 Å². The summed E-state index contributed by atoms with van der Waals surface area (Å²) in [6, 6.07) is 0.0481. The maximum Gasteiger partial charge on any atom is 0.0808 e. The molecule has 0 saturated carbocycles. The van der Waals surface area contributed by atoms with Crippen LogP contribution in [0.5, 0.6) is 0 Å². The summed E-state index contributed by atoms with van der Waals surface area (Å²) in [5, 5.41) is 9.11. The van der Waals surface area contributed by atoms with Crippen LogP contribution in [-0.4, -0.2) is 43.2 Å². The van der Waals surface area contributed by atoms with Gasteiger partial charge in [-0.25, -0.2) is 0 Å². The first-order valence-corrected chi connectivity index (χ1v) is 5.56. The van der Waals surface area contributed by atoms with Crippen molar-refractivity contribution in [3.05, 3.63) is 11.8 Å². The molecule has 5 N–H and O–H groups in total. The van der Waals surface area contributed by atoms with E-state index in [-0.39, 0.29) is 18.6 Å². The molecule has 1 saturated heterocycles. The Morgan fingerprint density at radius 1 is 1.56 bits per heavy atom. The minimum absolute atomic E-state index is 0.0481. The van der Waals surface area contributed by atoms with Crippen LogP contribution in [0.4, 0.5) is 0 Å². The molecule has 0 aromatic carbocycles. The van der Waals surface area contributed by atoms with Gasteiger partial charge in [0.1, 0.15) is 0 Å². The van der Waals surface area contributed by atoms with Crippen LogP contribution in [0.3, 0.4) is 0 Å². The second-order valence-corrected chi connectivity index (χ2v) is 4.08. The quantitative estimate of drug-likeness (QED) is 0.559. The lowest BCUT2D eigenvalue weighted by molar-refractivity contribution is 0.161. The molecule has 16 heavy (non-hydrogen) atoms. The van der Waals surface area contributed by atoms with Crippen LogP contribution < -0.4 is 11.5 Å². The fourth-order valence-corrected chi connectivity index (χ4v) is 1.71. The molecule has 0 bridgehead atoms. The van der Waals surface area contributed by atoms with Gasteiger partial charge in [0.25, 0.3) is 0 Å². The van der Waals surface area contributed by atoms with Crippen molar-refractivity contribution >= 4 is 5.71 Å². The summed E-state index contributed by atoms with van der Waals surface area (Å²) in [4.78, 5) is 4.48. The van der Waals surface area contributed by atoms with Crippen molar-refractivity contribution in [3.8, 4) is 0 Å². The number of hydrogen-bond acceptors (Lipinski definition) is 5. The van der Waals surface area contributed by atoms with E-state index in [0.29, 0.717) is 26.2 Å². The zero-order chi connectivity index (χ0) is 12.0. The Morgan fingerprint density at radius 2 is 2.31 bits per heavy atom. The normalized spacial score (nSPS) is 27.4. The maximum atomic E-state index is 9.11. The lowest BCUT2D eigenvalue weighted by Gasteiger charge is -2.10. The van der Waals surface area contributed by atoms with Crippen LogP contribution in [0.25, 0.3) is 0 Å². The van der Waals surface area contributed by atoms with Gasteiger partial charge >= 0.3 is 0 Å². The second kappa shape index (κ2) is 6.62. The number of aliphatic hydroxyl groups is 1. The number of hydrogen-bond donors (Lipinski definition) is 3. The Balaban J connectivity index is 2.58. The zero-order valence-electron chi connectivity index (χ0n) is 9.72. The molecule has 1 aliphatic rings. The molecule has 1 fully saturated rings. The summed E-state index contributed by atoms with van der Waals surface area (Å²) >= 11 is 0. The average molecular weight is 227 g/mol. The van der Waals surface area contributed by atoms with Crippen LogP contribution in [-0.2, 0) is 4.74 Å². The predicted octanol–water partition coefficient (Wildman–Crippen LogP) is -0.354. The predicted molar refractivity (Wildman–Crippen MR) is 64.2 cm³/mol. The molecular weight excluding hydrogens is 206 g/mol. The molecule has 1 aliphatic heterocycles. The molecule has 0 aromatic rings. The van der Waals surface area contributed by atoms with Gasteiger partial charge in [0.15, 0.2) is 0 Å². The molecule has 0 aliphatic carbocycles. The van der Waals surface area contributed by atoms with E-state index < -0.39 is 0 Å². The number of aliphatic imine (C=N–C) groups is 1. The van der Waals surface area contributed by atoms with E-state index in [4.69, 9.17) is 21.3 Å². The van der Waals surface area contributed by atoms with Crippen molar-refractivity contribution in [3.63, 3.8) is 0 Å². The Hall–Kier alpha value is -0.910. The third-order valence-electron chi connectivity index (χ3n) is 2.60. The van der Waals surface area contributed by atoms with E-state index in [1.165, 1.54) is 0 Å². The van der Waals surface area contributed by atoms with Gasteiger partial charge in [-0.2, -0.15) is 0 Å². The molecule has 1 heterocycles. The lowest BCUT2D eigenvalue weighted by Crippen LogP contribution is -2.21. The van der Waals surface area contributed by atoms with Gasteiger partial charge < -0.3 is 21.3 Å². The topological polar surface area (TPSA) is 93.9 Å². The van der Waals surface area contributed by atoms with E-state index >= 15 is 0 Å². The third-order valence-corrected chi connectivity index (χ3v) is 2.60. The first-order chi connectivity index (χ1) is 7.67. The standard InChI is InChI=1S/C11H21N3O2/c1-8(4-10(13)2-3-12)14-11-7-16-6-9(11)5-15/h4,9,11,15H,2-3,5-7,12-13H2,1H3. The molecule has 92 valence electrons. The minimum Gasteiger partial charge on any atom is -0.402 e. The van der Waals surface area contributed by atoms with Gasteiger partial charge in [-0.3, -0.25) is 4.99 Å². The van der Waals surface area contributed by atoms with E-state index in [2.05, 4.69) is 4.99 Å². The first kappa shape index (κ1) is 13.2. The van der Waals surface area contributed by atoms with Gasteiger partial charge in [-0.15, -0.1) is 0 Å². The van der Waals surface area contributed by atoms with Crippen molar-refractivity contribution < 1.29 is 9.84 Å². The summed E-state index contributed by atoms with van der Waals surface area (Å²) in [6.07, 6.45) is 2.51. The Labute approximate surface area is 96.2 Å². The van der Waals surface area contributed by atoms with Crippen molar-refractivity contribution in [2.24, 2.45) is 22.4 Å². The average Bonchev–Trinajstić information content (AvgIpc) is 2.65. The van der Waals surface area contributed by atoms with Gasteiger partial charge in [0.05, 0.1) is 25.9 Å². The third kappa shape index (κ3) is 3.92. The maximum absolute atomic E-state index is 9.11. The van der Waals surface area contributed by atoms with Crippen molar-refractivity contribution in [1.29, 1.82) is 0 Å². The van der Waals surface area contributed by atoms with Crippen molar-refractivity contribution in [2.75, 3.05) is 26.4 Å². The molecule has 0 aromatic heterocycles.